The highest BCUT2D eigenvalue weighted by molar-refractivity contribution is 5.96. The van der Waals surface area contributed by atoms with Gasteiger partial charge in [-0.1, -0.05) is 30.3 Å². The van der Waals surface area contributed by atoms with E-state index in [0.29, 0.717) is 17.9 Å². The largest absolute Gasteiger partial charge is 0.396 e. The number of nitrogens with one attached hydrogen (secondary N) is 2. The number of rotatable bonds is 4. The molecular weight excluding hydrogens is 216 g/mol. The van der Waals surface area contributed by atoms with Crippen molar-refractivity contribution in [1.82, 2.24) is 15.5 Å². The van der Waals surface area contributed by atoms with Crippen LogP contribution in [0, 0.1) is 0 Å². The normalized spacial score (nSPS) is 10.1. The van der Waals surface area contributed by atoms with Gasteiger partial charge in [0.25, 0.3) is 5.91 Å². The minimum Gasteiger partial charge on any atom is -0.396 e. The highest BCUT2D eigenvalue weighted by Gasteiger charge is 2.10. The van der Waals surface area contributed by atoms with Gasteiger partial charge in [0.2, 0.25) is 0 Å². The number of carbonyl (C=O) groups is 1. The summed E-state index contributed by atoms with van der Waals surface area (Å²) in [5, 5.41) is 9.05. The van der Waals surface area contributed by atoms with Gasteiger partial charge in [-0.3, -0.25) is 9.89 Å². The number of benzene rings is 1. The van der Waals surface area contributed by atoms with Gasteiger partial charge in [0.15, 0.2) is 0 Å². The average Bonchev–Trinajstić information content (AvgIpc) is 2.77. The minimum absolute atomic E-state index is 0.226. The highest BCUT2D eigenvalue weighted by Crippen LogP contribution is 2.05. The Labute approximate surface area is 99.0 Å². The van der Waals surface area contributed by atoms with Crippen molar-refractivity contribution in [1.29, 1.82) is 0 Å². The smallest absolute Gasteiger partial charge is 0.271 e. The molecular formula is C12H14N4O. The standard InChI is InChI=1S/C12H14N4O/c13-10-8-15-16-11(10)12(17)14-7-6-9-4-2-1-3-5-9/h1-5,8H,6-7,13H2,(H,14,17)(H,15,16). The molecule has 88 valence electrons. The molecule has 2 rings (SSSR count). The predicted molar refractivity (Wildman–Crippen MR) is 65.5 cm³/mol. The van der Waals surface area contributed by atoms with Crippen molar-refractivity contribution in [2.75, 3.05) is 12.3 Å². The van der Waals surface area contributed by atoms with E-state index in [2.05, 4.69) is 15.5 Å². The molecule has 0 saturated carbocycles. The Hall–Kier alpha value is -2.30. The van der Waals surface area contributed by atoms with Crippen LogP contribution in [0.15, 0.2) is 36.5 Å². The number of aromatic nitrogens is 2. The van der Waals surface area contributed by atoms with E-state index in [4.69, 9.17) is 5.73 Å². The Morgan fingerprint density at radius 2 is 2.12 bits per heavy atom. The molecule has 0 radical (unpaired) electrons. The molecule has 1 aromatic heterocycles. The van der Waals surface area contributed by atoms with Crippen molar-refractivity contribution in [2.24, 2.45) is 0 Å². The van der Waals surface area contributed by atoms with Crippen LogP contribution < -0.4 is 11.1 Å². The minimum atomic E-state index is -0.226. The van der Waals surface area contributed by atoms with Crippen molar-refractivity contribution in [3.05, 3.63) is 47.8 Å². The van der Waals surface area contributed by atoms with E-state index in [0.717, 1.165) is 6.42 Å². The summed E-state index contributed by atoms with van der Waals surface area (Å²) < 4.78 is 0. The van der Waals surface area contributed by atoms with Crippen molar-refractivity contribution in [3.8, 4) is 0 Å². The predicted octanol–water partition coefficient (Wildman–Crippen LogP) is 0.964. The maximum absolute atomic E-state index is 11.7. The zero-order valence-electron chi connectivity index (χ0n) is 9.31. The first-order chi connectivity index (χ1) is 8.27. The Kier molecular flexibility index (Phi) is 3.40. The van der Waals surface area contributed by atoms with Crippen LogP contribution in [-0.4, -0.2) is 22.6 Å². The van der Waals surface area contributed by atoms with E-state index in [1.165, 1.54) is 11.8 Å². The van der Waals surface area contributed by atoms with Gasteiger partial charge in [-0.15, -0.1) is 0 Å². The van der Waals surface area contributed by atoms with E-state index in [9.17, 15) is 4.79 Å². The molecule has 0 spiro atoms. The number of hydrogen-bond donors (Lipinski definition) is 3. The lowest BCUT2D eigenvalue weighted by Crippen LogP contribution is -2.26. The molecule has 0 unspecified atom stereocenters. The summed E-state index contributed by atoms with van der Waals surface area (Å²) >= 11 is 0. The van der Waals surface area contributed by atoms with Crippen LogP contribution in [0.4, 0.5) is 5.69 Å². The second-order valence-electron chi connectivity index (χ2n) is 3.69. The third kappa shape index (κ3) is 2.84. The molecule has 2 aromatic rings. The Morgan fingerprint density at radius 3 is 2.76 bits per heavy atom. The molecule has 0 aliphatic heterocycles. The van der Waals surface area contributed by atoms with Crippen LogP contribution in [0.2, 0.25) is 0 Å². The van der Waals surface area contributed by atoms with Crippen molar-refractivity contribution < 1.29 is 4.79 Å². The van der Waals surface area contributed by atoms with Gasteiger partial charge in [-0.25, -0.2) is 0 Å². The van der Waals surface area contributed by atoms with Gasteiger partial charge in [0.05, 0.1) is 11.9 Å². The fourth-order valence-electron chi connectivity index (χ4n) is 1.53. The number of H-pyrrole nitrogens is 1. The zero-order valence-corrected chi connectivity index (χ0v) is 9.31. The van der Waals surface area contributed by atoms with Crippen LogP contribution in [0.25, 0.3) is 0 Å². The van der Waals surface area contributed by atoms with Crippen LogP contribution in [-0.2, 0) is 6.42 Å². The number of nitrogens with zero attached hydrogens (tertiary/aromatic N) is 1. The monoisotopic (exact) mass is 230 g/mol. The molecule has 5 heteroatoms. The Bertz CT molecular complexity index is 492. The topological polar surface area (TPSA) is 83.8 Å². The molecule has 0 bridgehead atoms. The summed E-state index contributed by atoms with van der Waals surface area (Å²) in [7, 11) is 0. The molecule has 0 fully saturated rings. The molecule has 0 aliphatic rings. The molecule has 1 amide bonds. The number of amides is 1. The average molecular weight is 230 g/mol. The summed E-state index contributed by atoms with van der Waals surface area (Å²) in [6.07, 6.45) is 2.22. The quantitative estimate of drug-likeness (QED) is 0.731. The van der Waals surface area contributed by atoms with E-state index in [1.807, 2.05) is 30.3 Å². The van der Waals surface area contributed by atoms with Crippen LogP contribution in [0.5, 0.6) is 0 Å². The van der Waals surface area contributed by atoms with E-state index in [1.54, 1.807) is 0 Å². The van der Waals surface area contributed by atoms with E-state index >= 15 is 0 Å². The molecule has 5 nitrogen and oxygen atoms in total. The van der Waals surface area contributed by atoms with Crippen molar-refractivity contribution in [3.63, 3.8) is 0 Å². The third-order valence-corrected chi connectivity index (χ3v) is 2.44. The number of nitrogens with two attached hydrogens (primary N) is 1. The van der Waals surface area contributed by atoms with Crippen LogP contribution in [0.3, 0.4) is 0 Å². The molecule has 4 N–H and O–H groups in total. The summed E-state index contributed by atoms with van der Waals surface area (Å²) in [5.74, 6) is -0.226. The Balaban J connectivity index is 1.84. The lowest BCUT2D eigenvalue weighted by molar-refractivity contribution is 0.0950. The second-order valence-corrected chi connectivity index (χ2v) is 3.69. The summed E-state index contributed by atoms with van der Waals surface area (Å²) in [4.78, 5) is 11.7. The van der Waals surface area contributed by atoms with Crippen molar-refractivity contribution in [2.45, 2.75) is 6.42 Å². The first kappa shape index (κ1) is 11.2. The zero-order chi connectivity index (χ0) is 12.1. The van der Waals surface area contributed by atoms with Gasteiger partial charge >= 0.3 is 0 Å². The lowest BCUT2D eigenvalue weighted by atomic mass is 10.1. The summed E-state index contributed by atoms with van der Waals surface area (Å²) in [6, 6.07) is 9.97. The first-order valence-corrected chi connectivity index (χ1v) is 5.38. The summed E-state index contributed by atoms with van der Waals surface area (Å²) in [6.45, 7) is 0.571. The molecule has 0 saturated heterocycles. The van der Waals surface area contributed by atoms with Gasteiger partial charge in [0, 0.05) is 6.54 Å². The molecule has 17 heavy (non-hydrogen) atoms. The van der Waals surface area contributed by atoms with Crippen LogP contribution >= 0.6 is 0 Å². The third-order valence-electron chi connectivity index (χ3n) is 2.44. The number of anilines is 1. The molecule has 0 atom stereocenters. The fraction of sp³-hybridized carbons (Fsp3) is 0.167. The van der Waals surface area contributed by atoms with E-state index < -0.39 is 0 Å². The van der Waals surface area contributed by atoms with Gasteiger partial charge in [-0.2, -0.15) is 5.10 Å². The first-order valence-electron chi connectivity index (χ1n) is 5.38. The number of hydrogen-bond acceptors (Lipinski definition) is 3. The maximum atomic E-state index is 11.7. The molecule has 1 aromatic carbocycles. The second kappa shape index (κ2) is 5.16. The van der Waals surface area contributed by atoms with Crippen LogP contribution in [0.1, 0.15) is 16.1 Å². The van der Waals surface area contributed by atoms with Gasteiger partial charge in [0.1, 0.15) is 5.69 Å². The fourth-order valence-corrected chi connectivity index (χ4v) is 1.53. The molecule has 0 aliphatic carbocycles. The Morgan fingerprint density at radius 1 is 1.35 bits per heavy atom. The maximum Gasteiger partial charge on any atom is 0.271 e. The lowest BCUT2D eigenvalue weighted by Gasteiger charge is -2.04. The summed E-state index contributed by atoms with van der Waals surface area (Å²) in [5.41, 5.74) is 7.44. The number of carbonyl (C=O) groups excluding carboxylic acids is 1. The number of nitrogen functional groups attached to an aromatic ring is 1. The van der Waals surface area contributed by atoms with Crippen molar-refractivity contribution >= 4 is 11.6 Å². The SMILES string of the molecule is Nc1cn[nH]c1C(=O)NCCc1ccccc1. The van der Waals surface area contributed by atoms with Gasteiger partial charge in [-0.05, 0) is 12.0 Å². The number of aromatic amines is 1. The van der Waals surface area contributed by atoms with E-state index in [-0.39, 0.29) is 5.91 Å². The highest BCUT2D eigenvalue weighted by atomic mass is 16.1. The van der Waals surface area contributed by atoms with Gasteiger partial charge < -0.3 is 11.1 Å². The molecule has 1 heterocycles.